The lowest BCUT2D eigenvalue weighted by molar-refractivity contribution is 0.147. The Balaban J connectivity index is 2.26. The zero-order valence-corrected chi connectivity index (χ0v) is 11.0. The molecule has 0 heterocycles. The fraction of sp³-hybridized carbons (Fsp3) is 0.455. The van der Waals surface area contributed by atoms with Crippen molar-refractivity contribution in [1.82, 2.24) is 0 Å². The molecule has 1 aromatic rings. The number of hydrogen-bond donors (Lipinski definition) is 1. The maximum absolute atomic E-state index is 10.1. The van der Waals surface area contributed by atoms with E-state index in [9.17, 15) is 5.11 Å². The summed E-state index contributed by atoms with van der Waals surface area (Å²) >= 11 is 6.88. The summed E-state index contributed by atoms with van der Waals surface area (Å²) in [4.78, 5) is 0. The molecule has 1 aliphatic carbocycles. The lowest BCUT2D eigenvalue weighted by Gasteiger charge is -2.12. The van der Waals surface area contributed by atoms with E-state index < -0.39 is 0 Å². The molecular weight excluding hydrogens is 308 g/mol. The summed E-state index contributed by atoms with van der Waals surface area (Å²) in [5.74, 6) is 1.11. The first-order valence-electron chi connectivity index (χ1n) is 4.72. The third-order valence-corrected chi connectivity index (χ3v) is 4.07. The zero-order valence-electron chi connectivity index (χ0n) is 7.87. The Morgan fingerprint density at radius 2 is 2.07 bits per heavy atom. The number of halogens is 2. The van der Waals surface area contributed by atoms with Gasteiger partial charge in [-0.15, -0.1) is 0 Å². The first kappa shape index (κ1) is 10.7. The van der Waals surface area contributed by atoms with Crippen LogP contribution in [0.3, 0.4) is 0 Å². The van der Waals surface area contributed by atoms with Crippen molar-refractivity contribution in [2.45, 2.75) is 19.4 Å². The van der Waals surface area contributed by atoms with Gasteiger partial charge in [-0.05, 0) is 42.0 Å². The minimum atomic E-state index is -0.322. The molecule has 1 saturated carbocycles. The van der Waals surface area contributed by atoms with E-state index in [2.05, 4.69) is 38.8 Å². The average molecular weight is 320 g/mol. The summed E-state index contributed by atoms with van der Waals surface area (Å²) in [5, 5.41) is 10.1. The minimum Gasteiger partial charge on any atom is -0.388 e. The van der Waals surface area contributed by atoms with Crippen LogP contribution < -0.4 is 0 Å². The van der Waals surface area contributed by atoms with Crippen LogP contribution in [0.25, 0.3) is 0 Å². The maximum atomic E-state index is 10.1. The van der Waals surface area contributed by atoms with E-state index in [1.54, 1.807) is 0 Å². The van der Waals surface area contributed by atoms with Crippen molar-refractivity contribution in [3.63, 3.8) is 0 Å². The summed E-state index contributed by atoms with van der Waals surface area (Å²) in [7, 11) is 0. The Labute approximate surface area is 101 Å². The van der Waals surface area contributed by atoms with Gasteiger partial charge in [0.05, 0.1) is 6.10 Å². The Morgan fingerprint density at radius 3 is 2.64 bits per heavy atom. The highest BCUT2D eigenvalue weighted by atomic mass is 79.9. The predicted octanol–water partition coefficient (Wildman–Crippen LogP) is 3.90. The molecule has 1 aromatic carbocycles. The molecular formula is C11H12Br2O. The van der Waals surface area contributed by atoms with Crippen LogP contribution in [0.2, 0.25) is 0 Å². The van der Waals surface area contributed by atoms with Crippen LogP contribution in [0.5, 0.6) is 0 Å². The van der Waals surface area contributed by atoms with Gasteiger partial charge in [-0.1, -0.05) is 38.8 Å². The minimum absolute atomic E-state index is 0.322. The molecule has 0 bridgehead atoms. The van der Waals surface area contributed by atoms with E-state index in [4.69, 9.17) is 0 Å². The number of aliphatic hydroxyl groups is 1. The summed E-state index contributed by atoms with van der Waals surface area (Å²) in [5.41, 5.74) is 0.994. The van der Waals surface area contributed by atoms with E-state index in [0.29, 0.717) is 11.8 Å². The van der Waals surface area contributed by atoms with Gasteiger partial charge in [0.1, 0.15) is 0 Å². The smallest absolute Gasteiger partial charge is 0.0832 e. The number of rotatable bonds is 2. The van der Waals surface area contributed by atoms with Gasteiger partial charge in [0.25, 0.3) is 0 Å². The molecule has 14 heavy (non-hydrogen) atoms. The van der Waals surface area contributed by atoms with Crippen LogP contribution in [0.15, 0.2) is 27.1 Å². The molecule has 0 spiro atoms. The van der Waals surface area contributed by atoms with Crippen molar-refractivity contribution in [2.24, 2.45) is 11.8 Å². The summed E-state index contributed by atoms with van der Waals surface area (Å²) < 4.78 is 2.01. The predicted molar refractivity (Wildman–Crippen MR) is 64.1 cm³/mol. The summed E-state index contributed by atoms with van der Waals surface area (Å²) in [6, 6.07) is 5.92. The third kappa shape index (κ3) is 2.05. The Kier molecular flexibility index (Phi) is 3.01. The second kappa shape index (κ2) is 3.95. The van der Waals surface area contributed by atoms with Crippen LogP contribution in [-0.2, 0) is 0 Å². The van der Waals surface area contributed by atoms with Crippen LogP contribution in [0.4, 0.5) is 0 Å². The normalized spacial score (nSPS) is 27.4. The molecule has 1 aliphatic rings. The molecule has 76 valence electrons. The molecule has 1 nitrogen and oxygen atoms in total. The first-order chi connectivity index (χ1) is 6.59. The molecule has 1 N–H and O–H groups in total. The zero-order chi connectivity index (χ0) is 10.3. The van der Waals surface area contributed by atoms with E-state index in [1.165, 1.54) is 0 Å². The second-order valence-corrected chi connectivity index (χ2v) is 5.76. The van der Waals surface area contributed by atoms with Gasteiger partial charge < -0.3 is 5.11 Å². The quantitative estimate of drug-likeness (QED) is 0.876. The van der Waals surface area contributed by atoms with Crippen molar-refractivity contribution < 1.29 is 5.11 Å². The van der Waals surface area contributed by atoms with Crippen molar-refractivity contribution in [2.75, 3.05) is 0 Å². The molecule has 0 saturated heterocycles. The van der Waals surface area contributed by atoms with E-state index >= 15 is 0 Å². The molecule has 0 amide bonds. The SMILES string of the molecule is CC1CC1C(O)c1cc(Br)ccc1Br. The Morgan fingerprint density at radius 1 is 1.43 bits per heavy atom. The van der Waals surface area contributed by atoms with Crippen LogP contribution in [-0.4, -0.2) is 5.11 Å². The van der Waals surface area contributed by atoms with E-state index in [0.717, 1.165) is 20.9 Å². The van der Waals surface area contributed by atoms with Gasteiger partial charge in [0, 0.05) is 8.95 Å². The Bertz CT molecular complexity index is 351. The van der Waals surface area contributed by atoms with Gasteiger partial charge in [-0.25, -0.2) is 0 Å². The van der Waals surface area contributed by atoms with Crippen molar-refractivity contribution in [1.29, 1.82) is 0 Å². The molecule has 0 radical (unpaired) electrons. The Hall–Kier alpha value is 0.140. The fourth-order valence-electron chi connectivity index (χ4n) is 1.76. The summed E-state index contributed by atoms with van der Waals surface area (Å²) in [6.07, 6.45) is 0.817. The van der Waals surface area contributed by atoms with Crippen LogP contribution in [0, 0.1) is 11.8 Å². The fourth-order valence-corrected chi connectivity index (χ4v) is 2.62. The average Bonchev–Trinajstić information content (AvgIpc) is 2.86. The molecule has 0 aliphatic heterocycles. The highest BCUT2D eigenvalue weighted by Crippen LogP contribution is 2.48. The lowest BCUT2D eigenvalue weighted by Crippen LogP contribution is -2.01. The van der Waals surface area contributed by atoms with E-state index in [1.807, 2.05) is 18.2 Å². The highest BCUT2D eigenvalue weighted by molar-refractivity contribution is 9.11. The highest BCUT2D eigenvalue weighted by Gasteiger charge is 2.39. The van der Waals surface area contributed by atoms with Crippen molar-refractivity contribution in [3.8, 4) is 0 Å². The van der Waals surface area contributed by atoms with Gasteiger partial charge in [0.2, 0.25) is 0 Å². The van der Waals surface area contributed by atoms with E-state index in [-0.39, 0.29) is 6.10 Å². The van der Waals surface area contributed by atoms with Gasteiger partial charge in [-0.2, -0.15) is 0 Å². The number of hydrogen-bond acceptors (Lipinski definition) is 1. The third-order valence-electron chi connectivity index (χ3n) is 2.85. The topological polar surface area (TPSA) is 20.2 Å². The summed E-state index contributed by atoms with van der Waals surface area (Å²) in [6.45, 7) is 2.18. The van der Waals surface area contributed by atoms with Crippen molar-refractivity contribution >= 4 is 31.9 Å². The standard InChI is InChI=1S/C11H12Br2O/c1-6-4-8(6)11(14)9-5-7(12)2-3-10(9)13/h2-3,5-6,8,11,14H,4H2,1H3. The molecule has 0 aromatic heterocycles. The number of benzene rings is 1. The monoisotopic (exact) mass is 318 g/mol. The second-order valence-electron chi connectivity index (χ2n) is 3.99. The first-order valence-corrected chi connectivity index (χ1v) is 6.31. The van der Waals surface area contributed by atoms with Crippen LogP contribution >= 0.6 is 31.9 Å². The molecule has 3 unspecified atom stereocenters. The largest absolute Gasteiger partial charge is 0.388 e. The lowest BCUT2D eigenvalue weighted by atomic mass is 10.0. The maximum Gasteiger partial charge on any atom is 0.0832 e. The van der Waals surface area contributed by atoms with Crippen LogP contribution in [0.1, 0.15) is 25.0 Å². The van der Waals surface area contributed by atoms with Gasteiger partial charge in [0.15, 0.2) is 0 Å². The molecule has 2 rings (SSSR count). The van der Waals surface area contributed by atoms with Gasteiger partial charge in [-0.3, -0.25) is 0 Å². The molecule has 3 heteroatoms. The molecule has 1 fully saturated rings. The number of aliphatic hydroxyl groups excluding tert-OH is 1. The van der Waals surface area contributed by atoms with Crippen molar-refractivity contribution in [3.05, 3.63) is 32.7 Å². The molecule has 3 atom stereocenters. The van der Waals surface area contributed by atoms with Gasteiger partial charge >= 0.3 is 0 Å².